The number of aliphatic hydroxyl groups excluding tert-OH is 1. The molecule has 1 aromatic carbocycles. The van der Waals surface area contributed by atoms with E-state index in [-0.39, 0.29) is 24.3 Å². The highest BCUT2D eigenvalue weighted by molar-refractivity contribution is 6.06. The Morgan fingerprint density at radius 1 is 0.881 bits per heavy atom. The van der Waals surface area contributed by atoms with Crippen LogP contribution in [0.2, 0.25) is 0 Å². The zero-order valence-corrected chi connectivity index (χ0v) is 25.5. The van der Waals surface area contributed by atoms with Crippen LogP contribution < -0.4 is 9.80 Å². The van der Waals surface area contributed by atoms with Crippen molar-refractivity contribution in [3.63, 3.8) is 0 Å². The van der Waals surface area contributed by atoms with Gasteiger partial charge in [-0.25, -0.2) is 0 Å². The predicted molar refractivity (Wildman–Crippen MR) is 163 cm³/mol. The Morgan fingerprint density at radius 2 is 1.60 bits per heavy atom. The maximum atomic E-state index is 14.6. The van der Waals surface area contributed by atoms with Gasteiger partial charge in [0.2, 0.25) is 11.8 Å². The molecule has 9 heteroatoms. The molecule has 4 aliphatic heterocycles. The maximum absolute atomic E-state index is 14.6. The van der Waals surface area contributed by atoms with Gasteiger partial charge in [0.25, 0.3) is 5.91 Å². The van der Waals surface area contributed by atoms with E-state index in [0.29, 0.717) is 45.4 Å². The summed E-state index contributed by atoms with van der Waals surface area (Å²) in [6.07, 6.45) is 10.2. The van der Waals surface area contributed by atoms with Crippen molar-refractivity contribution in [2.24, 2.45) is 11.8 Å². The van der Waals surface area contributed by atoms with Crippen LogP contribution in [0.4, 0.5) is 11.4 Å². The lowest BCUT2D eigenvalue weighted by molar-refractivity contribution is -0.150. The highest BCUT2D eigenvalue weighted by Crippen LogP contribution is 2.58. The fourth-order valence-corrected chi connectivity index (χ4v) is 7.58. The van der Waals surface area contributed by atoms with Crippen molar-refractivity contribution in [2.75, 3.05) is 55.7 Å². The summed E-state index contributed by atoms with van der Waals surface area (Å²) in [5, 5.41) is 9.47. The molecule has 0 radical (unpaired) electrons. The van der Waals surface area contributed by atoms with Gasteiger partial charge >= 0.3 is 0 Å². The molecular formula is C33H46N4O5. The van der Waals surface area contributed by atoms with Gasteiger partial charge in [-0.3, -0.25) is 14.4 Å². The summed E-state index contributed by atoms with van der Waals surface area (Å²) in [6, 6.07) is 7.08. The van der Waals surface area contributed by atoms with Crippen LogP contribution in [0.25, 0.3) is 0 Å². The Balaban J connectivity index is 1.58. The molecule has 2 saturated heterocycles. The fourth-order valence-electron chi connectivity index (χ4n) is 7.58. The molecule has 1 aromatic rings. The predicted octanol–water partition coefficient (Wildman–Crippen LogP) is 3.38. The summed E-state index contributed by atoms with van der Waals surface area (Å²) in [5.41, 5.74) is -0.392. The number of anilines is 2. The smallest absolute Gasteiger partial charge is 0.253 e. The topological polar surface area (TPSA) is 93.6 Å². The molecule has 3 amide bonds. The lowest BCUT2D eigenvalue weighted by atomic mass is 9.73. The van der Waals surface area contributed by atoms with Gasteiger partial charge in [-0.15, -0.1) is 0 Å². The molecule has 228 valence electrons. The number of amides is 3. The second kappa shape index (κ2) is 12.2. The average molecular weight is 579 g/mol. The third-order valence-corrected chi connectivity index (χ3v) is 9.61. The van der Waals surface area contributed by atoms with Gasteiger partial charge in [0.15, 0.2) is 0 Å². The van der Waals surface area contributed by atoms with Crippen molar-refractivity contribution < 1.29 is 24.2 Å². The van der Waals surface area contributed by atoms with Crippen LogP contribution in [-0.4, -0.2) is 95.7 Å². The van der Waals surface area contributed by atoms with Gasteiger partial charge in [0.05, 0.1) is 17.4 Å². The lowest BCUT2D eigenvalue weighted by Crippen LogP contribution is -2.56. The van der Waals surface area contributed by atoms with E-state index in [0.717, 1.165) is 30.9 Å². The fraction of sp³-hybridized carbons (Fsp3) is 0.606. The largest absolute Gasteiger partial charge is 0.396 e. The molecule has 1 spiro atoms. The number of fused-ring (bicyclic) bond motifs is 2. The van der Waals surface area contributed by atoms with Crippen LogP contribution in [0.15, 0.2) is 48.6 Å². The van der Waals surface area contributed by atoms with E-state index in [1.165, 1.54) is 0 Å². The zero-order valence-electron chi connectivity index (χ0n) is 25.5. The summed E-state index contributed by atoms with van der Waals surface area (Å²) >= 11 is 0. The van der Waals surface area contributed by atoms with Crippen LogP contribution in [0, 0.1) is 11.8 Å². The van der Waals surface area contributed by atoms with Gasteiger partial charge in [-0.1, -0.05) is 38.2 Å². The molecule has 42 heavy (non-hydrogen) atoms. The van der Waals surface area contributed by atoms with Crippen molar-refractivity contribution >= 4 is 29.1 Å². The molecular weight excluding hydrogens is 532 g/mol. The highest BCUT2D eigenvalue weighted by Gasteiger charge is 2.75. The van der Waals surface area contributed by atoms with Gasteiger partial charge in [-0.05, 0) is 63.8 Å². The SMILES string of the molecule is CCCN1CC=C[C@]2(CC)O[C@]34C=CCN(c5ccc(N(CC)CC)cc5)C(=O)C3N(CCCCO)C(=O)[C@@H]4[C@@H]2C1=O. The molecule has 0 saturated carbocycles. The number of ether oxygens (including phenoxy) is 1. The highest BCUT2D eigenvalue weighted by atomic mass is 16.5. The first-order valence-corrected chi connectivity index (χ1v) is 15.7. The van der Waals surface area contributed by atoms with Crippen LogP contribution in [0.1, 0.15) is 53.4 Å². The molecule has 0 aliphatic carbocycles. The van der Waals surface area contributed by atoms with Crippen LogP contribution in [0.5, 0.6) is 0 Å². The molecule has 5 atom stereocenters. The van der Waals surface area contributed by atoms with E-state index >= 15 is 0 Å². The second-order valence-electron chi connectivity index (χ2n) is 11.8. The maximum Gasteiger partial charge on any atom is 0.253 e. The summed E-state index contributed by atoms with van der Waals surface area (Å²) < 4.78 is 7.03. The summed E-state index contributed by atoms with van der Waals surface area (Å²) in [6.45, 7) is 11.8. The molecule has 0 aromatic heterocycles. The molecule has 1 N–H and O–H groups in total. The molecule has 4 heterocycles. The Kier molecular flexibility index (Phi) is 8.81. The van der Waals surface area contributed by atoms with Gasteiger partial charge in [0, 0.05) is 57.3 Å². The number of likely N-dealkylation sites (tertiary alicyclic amines) is 1. The molecule has 1 unspecified atom stereocenters. The van der Waals surface area contributed by atoms with E-state index in [9.17, 15) is 19.5 Å². The number of carbonyl (C=O) groups is 3. The van der Waals surface area contributed by atoms with Crippen LogP contribution in [-0.2, 0) is 19.1 Å². The number of unbranched alkanes of at least 4 members (excludes halogenated alkanes) is 1. The van der Waals surface area contributed by atoms with Crippen LogP contribution >= 0.6 is 0 Å². The van der Waals surface area contributed by atoms with E-state index in [1.807, 2.05) is 67.3 Å². The number of nitrogens with zero attached hydrogens (tertiary/aromatic N) is 4. The van der Waals surface area contributed by atoms with Gasteiger partial charge in [-0.2, -0.15) is 0 Å². The third-order valence-electron chi connectivity index (χ3n) is 9.61. The molecule has 0 bridgehead atoms. The Hall–Kier alpha value is -3.17. The average Bonchev–Trinajstić information content (AvgIpc) is 3.28. The zero-order chi connectivity index (χ0) is 30.1. The normalized spacial score (nSPS) is 30.4. The minimum Gasteiger partial charge on any atom is -0.396 e. The van der Waals surface area contributed by atoms with E-state index in [1.54, 1.807) is 9.80 Å². The number of carbonyl (C=O) groups excluding carboxylic acids is 3. The monoisotopic (exact) mass is 578 g/mol. The number of hydrogen-bond donors (Lipinski definition) is 1. The molecule has 4 aliphatic rings. The number of aliphatic hydroxyl groups is 1. The minimum absolute atomic E-state index is 0.00740. The van der Waals surface area contributed by atoms with Crippen molar-refractivity contribution in [1.82, 2.24) is 9.80 Å². The third kappa shape index (κ3) is 4.74. The van der Waals surface area contributed by atoms with Crippen molar-refractivity contribution in [3.8, 4) is 0 Å². The van der Waals surface area contributed by atoms with Crippen LogP contribution in [0.3, 0.4) is 0 Å². The lowest BCUT2D eigenvalue weighted by Gasteiger charge is -2.38. The Labute approximate surface area is 249 Å². The van der Waals surface area contributed by atoms with E-state index in [4.69, 9.17) is 4.74 Å². The number of benzene rings is 1. The first-order valence-electron chi connectivity index (χ1n) is 15.7. The van der Waals surface area contributed by atoms with Gasteiger partial charge in [0.1, 0.15) is 11.6 Å². The summed E-state index contributed by atoms with van der Waals surface area (Å²) in [4.78, 5) is 50.7. The van der Waals surface area contributed by atoms with Crippen molar-refractivity contribution in [3.05, 3.63) is 48.6 Å². The standard InChI is InChI=1S/C33H46N4O5/c1-5-19-35-20-11-17-32(6-2)26(29(35)39)27-30(40)37(21-9-10-23-38)28-31(41)36(22-12-18-33(27,28)42-32)25-15-13-24(14-16-25)34(7-3)8-4/h11-18,26-28,38H,5-10,19-23H2,1-4H3/t26-,27+,28?,32+,33+/m1/s1. The first kappa shape index (κ1) is 30.3. The molecule has 5 rings (SSSR count). The Morgan fingerprint density at radius 3 is 2.24 bits per heavy atom. The molecule has 9 nitrogen and oxygen atoms in total. The van der Waals surface area contributed by atoms with Gasteiger partial charge < -0.3 is 29.4 Å². The summed E-state index contributed by atoms with van der Waals surface area (Å²) in [7, 11) is 0. The van der Waals surface area contributed by atoms with Crippen molar-refractivity contribution in [1.29, 1.82) is 0 Å². The quantitative estimate of drug-likeness (QED) is 0.320. The van der Waals surface area contributed by atoms with E-state index < -0.39 is 29.1 Å². The first-order chi connectivity index (χ1) is 20.3. The molecule has 2 fully saturated rings. The summed E-state index contributed by atoms with van der Waals surface area (Å²) in [5.74, 6) is -2.03. The number of hydrogen-bond acceptors (Lipinski definition) is 6. The Bertz CT molecular complexity index is 1230. The second-order valence-corrected chi connectivity index (χ2v) is 11.8. The van der Waals surface area contributed by atoms with E-state index in [2.05, 4.69) is 18.7 Å². The number of rotatable bonds is 11. The van der Waals surface area contributed by atoms with Crippen molar-refractivity contribution in [2.45, 2.75) is 70.6 Å². The minimum atomic E-state index is -1.26.